The molecular weight excluding hydrogens is 246 g/mol. The normalized spacial score (nSPS) is 20.8. The third-order valence-corrected chi connectivity index (χ3v) is 3.98. The van der Waals surface area contributed by atoms with E-state index in [0.717, 1.165) is 30.5 Å². The summed E-state index contributed by atoms with van der Waals surface area (Å²) in [5, 5.41) is 0. The topological polar surface area (TPSA) is 29.0 Å². The number of hydrogen-bond acceptors (Lipinski definition) is 3. The SMILES string of the molecule is CCCC1CCCN(c2ncc(CCl)cn2)CC1. The van der Waals surface area contributed by atoms with Crippen molar-refractivity contribution >= 4 is 17.5 Å². The molecule has 1 aliphatic heterocycles. The third-order valence-electron chi connectivity index (χ3n) is 3.67. The maximum Gasteiger partial charge on any atom is 0.225 e. The number of alkyl halides is 1. The standard InChI is InChI=1S/C14H22ClN3/c1-2-4-12-5-3-7-18(8-6-12)14-16-10-13(9-15)11-17-14/h10-12H,2-9H2,1H3. The highest BCUT2D eigenvalue weighted by molar-refractivity contribution is 6.17. The van der Waals surface area contributed by atoms with Crippen molar-refractivity contribution in [2.75, 3.05) is 18.0 Å². The van der Waals surface area contributed by atoms with Gasteiger partial charge in [0.1, 0.15) is 0 Å². The van der Waals surface area contributed by atoms with Crippen molar-refractivity contribution in [1.29, 1.82) is 0 Å². The molecule has 0 radical (unpaired) electrons. The van der Waals surface area contributed by atoms with Crippen molar-refractivity contribution in [3.8, 4) is 0 Å². The molecule has 0 saturated carbocycles. The predicted molar refractivity (Wildman–Crippen MR) is 76.1 cm³/mol. The minimum Gasteiger partial charge on any atom is -0.341 e. The van der Waals surface area contributed by atoms with Crippen molar-refractivity contribution in [1.82, 2.24) is 9.97 Å². The Hall–Kier alpha value is -0.830. The highest BCUT2D eigenvalue weighted by atomic mass is 35.5. The second-order valence-corrected chi connectivity index (χ2v) is 5.36. The van der Waals surface area contributed by atoms with Crippen molar-refractivity contribution in [3.63, 3.8) is 0 Å². The van der Waals surface area contributed by atoms with Crippen LogP contribution >= 0.6 is 11.6 Å². The van der Waals surface area contributed by atoms with Gasteiger partial charge in [-0.25, -0.2) is 9.97 Å². The maximum absolute atomic E-state index is 5.75. The predicted octanol–water partition coefficient (Wildman–Crippen LogP) is 3.62. The Morgan fingerprint density at radius 1 is 1.28 bits per heavy atom. The Morgan fingerprint density at radius 3 is 2.72 bits per heavy atom. The van der Waals surface area contributed by atoms with Crippen LogP contribution in [0.15, 0.2) is 12.4 Å². The van der Waals surface area contributed by atoms with E-state index in [1.54, 1.807) is 0 Å². The van der Waals surface area contributed by atoms with Crippen molar-refractivity contribution in [2.45, 2.75) is 44.9 Å². The van der Waals surface area contributed by atoms with Crippen molar-refractivity contribution in [2.24, 2.45) is 5.92 Å². The first kappa shape index (κ1) is 13.6. The molecule has 1 aliphatic rings. The van der Waals surface area contributed by atoms with E-state index in [9.17, 15) is 0 Å². The van der Waals surface area contributed by atoms with E-state index in [4.69, 9.17) is 11.6 Å². The monoisotopic (exact) mass is 267 g/mol. The first-order chi connectivity index (χ1) is 8.83. The van der Waals surface area contributed by atoms with Gasteiger partial charge in [-0.2, -0.15) is 0 Å². The molecule has 0 aromatic carbocycles. The van der Waals surface area contributed by atoms with E-state index in [0.29, 0.717) is 5.88 Å². The number of nitrogens with zero attached hydrogens (tertiary/aromatic N) is 3. The zero-order chi connectivity index (χ0) is 12.8. The molecule has 0 bridgehead atoms. The quantitative estimate of drug-likeness (QED) is 0.780. The molecule has 0 amide bonds. The van der Waals surface area contributed by atoms with Crippen LogP contribution in [0.25, 0.3) is 0 Å². The smallest absolute Gasteiger partial charge is 0.225 e. The van der Waals surface area contributed by atoms with E-state index in [1.807, 2.05) is 12.4 Å². The number of halogens is 1. The minimum absolute atomic E-state index is 0.485. The molecule has 1 atom stereocenters. The molecule has 1 fully saturated rings. The Balaban J connectivity index is 1.96. The molecule has 18 heavy (non-hydrogen) atoms. The molecule has 100 valence electrons. The average molecular weight is 268 g/mol. The molecule has 2 heterocycles. The molecule has 0 spiro atoms. The van der Waals surface area contributed by atoms with Gasteiger partial charge in [0.05, 0.1) is 5.88 Å². The summed E-state index contributed by atoms with van der Waals surface area (Å²) >= 11 is 5.75. The summed E-state index contributed by atoms with van der Waals surface area (Å²) in [4.78, 5) is 11.1. The number of anilines is 1. The molecule has 1 aromatic heterocycles. The highest BCUT2D eigenvalue weighted by Gasteiger charge is 2.17. The second-order valence-electron chi connectivity index (χ2n) is 5.10. The van der Waals surface area contributed by atoms with Gasteiger partial charge in [-0.15, -0.1) is 11.6 Å². The molecule has 0 N–H and O–H groups in total. The Bertz CT molecular complexity index is 353. The second kappa shape index (κ2) is 6.93. The lowest BCUT2D eigenvalue weighted by atomic mass is 9.96. The van der Waals surface area contributed by atoms with Crippen LogP contribution in [0.2, 0.25) is 0 Å². The van der Waals surface area contributed by atoms with Crippen LogP contribution in [0.5, 0.6) is 0 Å². The summed E-state index contributed by atoms with van der Waals surface area (Å²) < 4.78 is 0. The maximum atomic E-state index is 5.75. The Kier molecular flexibility index (Phi) is 5.24. The Labute approximate surface area is 115 Å². The van der Waals surface area contributed by atoms with Crippen LogP contribution in [0, 0.1) is 5.92 Å². The van der Waals surface area contributed by atoms with E-state index in [-0.39, 0.29) is 0 Å². The van der Waals surface area contributed by atoms with Gasteiger partial charge in [0, 0.05) is 31.0 Å². The number of rotatable bonds is 4. The van der Waals surface area contributed by atoms with Gasteiger partial charge >= 0.3 is 0 Å². The molecule has 3 nitrogen and oxygen atoms in total. The van der Waals surface area contributed by atoms with Crippen LogP contribution in [-0.4, -0.2) is 23.1 Å². The first-order valence-corrected chi connectivity index (χ1v) is 7.48. The van der Waals surface area contributed by atoms with Gasteiger partial charge in [-0.1, -0.05) is 19.8 Å². The zero-order valence-electron chi connectivity index (χ0n) is 11.1. The lowest BCUT2D eigenvalue weighted by molar-refractivity contribution is 0.435. The van der Waals surface area contributed by atoms with Crippen LogP contribution in [-0.2, 0) is 5.88 Å². The highest BCUT2D eigenvalue weighted by Crippen LogP contribution is 2.23. The van der Waals surface area contributed by atoms with Crippen LogP contribution < -0.4 is 4.90 Å². The van der Waals surface area contributed by atoms with Gasteiger partial charge < -0.3 is 4.90 Å². The summed E-state index contributed by atoms with van der Waals surface area (Å²) in [6, 6.07) is 0. The van der Waals surface area contributed by atoms with Gasteiger partial charge in [0.25, 0.3) is 0 Å². The molecule has 1 aromatic rings. The summed E-state index contributed by atoms with van der Waals surface area (Å²) in [6.07, 6.45) is 10.2. The van der Waals surface area contributed by atoms with E-state index < -0.39 is 0 Å². The lowest BCUT2D eigenvalue weighted by Gasteiger charge is -2.20. The fourth-order valence-corrected chi connectivity index (χ4v) is 2.78. The molecule has 0 aliphatic carbocycles. The van der Waals surface area contributed by atoms with Gasteiger partial charge in [-0.05, 0) is 25.2 Å². The Morgan fingerprint density at radius 2 is 2.06 bits per heavy atom. The molecule has 4 heteroatoms. The zero-order valence-corrected chi connectivity index (χ0v) is 11.9. The summed E-state index contributed by atoms with van der Waals surface area (Å²) in [7, 11) is 0. The van der Waals surface area contributed by atoms with Crippen molar-refractivity contribution < 1.29 is 0 Å². The fraction of sp³-hybridized carbons (Fsp3) is 0.714. The average Bonchev–Trinajstić information content (AvgIpc) is 2.65. The van der Waals surface area contributed by atoms with Gasteiger partial charge in [0.15, 0.2) is 0 Å². The van der Waals surface area contributed by atoms with E-state index >= 15 is 0 Å². The minimum atomic E-state index is 0.485. The van der Waals surface area contributed by atoms with E-state index in [2.05, 4.69) is 21.8 Å². The summed E-state index contributed by atoms with van der Waals surface area (Å²) in [5.74, 6) is 2.24. The summed E-state index contributed by atoms with van der Waals surface area (Å²) in [6.45, 7) is 4.45. The van der Waals surface area contributed by atoms with Crippen LogP contribution in [0.3, 0.4) is 0 Å². The van der Waals surface area contributed by atoms with Gasteiger partial charge in [0.2, 0.25) is 5.95 Å². The van der Waals surface area contributed by atoms with Gasteiger partial charge in [-0.3, -0.25) is 0 Å². The van der Waals surface area contributed by atoms with Crippen LogP contribution in [0.1, 0.15) is 44.6 Å². The van der Waals surface area contributed by atoms with Crippen molar-refractivity contribution in [3.05, 3.63) is 18.0 Å². The largest absolute Gasteiger partial charge is 0.341 e. The number of aromatic nitrogens is 2. The lowest BCUT2D eigenvalue weighted by Crippen LogP contribution is -2.26. The molecular formula is C14H22ClN3. The fourth-order valence-electron chi connectivity index (χ4n) is 2.64. The molecule has 1 saturated heterocycles. The number of hydrogen-bond donors (Lipinski definition) is 0. The third kappa shape index (κ3) is 3.58. The molecule has 1 unspecified atom stereocenters. The summed E-state index contributed by atoms with van der Waals surface area (Å²) in [5.41, 5.74) is 0.985. The molecule has 2 rings (SSSR count). The van der Waals surface area contributed by atoms with Crippen LogP contribution in [0.4, 0.5) is 5.95 Å². The van der Waals surface area contributed by atoms with E-state index in [1.165, 1.54) is 32.1 Å². The first-order valence-electron chi connectivity index (χ1n) is 6.95.